The molecule has 0 radical (unpaired) electrons. The Kier molecular flexibility index (Phi) is 5.58. The lowest BCUT2D eigenvalue weighted by molar-refractivity contribution is 0.0254. The first kappa shape index (κ1) is 17.0. The molecule has 0 saturated heterocycles. The van der Waals surface area contributed by atoms with Gasteiger partial charge in [-0.05, 0) is 43.0 Å². The predicted molar refractivity (Wildman–Crippen MR) is 98.8 cm³/mol. The monoisotopic (exact) mass is 339 g/mol. The van der Waals surface area contributed by atoms with Crippen LogP contribution >= 0.6 is 11.6 Å². The van der Waals surface area contributed by atoms with Crippen molar-refractivity contribution in [2.24, 2.45) is 0 Å². The molecule has 0 spiro atoms. The minimum Gasteiger partial charge on any atom is -0.376 e. The van der Waals surface area contributed by atoms with E-state index in [1.54, 1.807) is 0 Å². The van der Waals surface area contributed by atoms with Gasteiger partial charge in [0.1, 0.15) is 5.60 Å². The van der Waals surface area contributed by atoms with Crippen LogP contribution in [-0.2, 0) is 6.54 Å². The van der Waals surface area contributed by atoms with E-state index in [0.29, 0.717) is 13.0 Å². The third-order valence-electron chi connectivity index (χ3n) is 4.57. The van der Waals surface area contributed by atoms with E-state index in [0.717, 1.165) is 35.4 Å². The van der Waals surface area contributed by atoms with E-state index in [1.807, 2.05) is 54.6 Å². The Morgan fingerprint density at radius 3 is 2.62 bits per heavy atom. The molecular formula is C21H22ClNO. The Balaban J connectivity index is 1.73. The number of nitrogens with one attached hydrogen (secondary N) is 1. The third kappa shape index (κ3) is 4.19. The van der Waals surface area contributed by atoms with E-state index >= 15 is 0 Å². The molecule has 2 aromatic rings. The number of hydrogen-bond acceptors (Lipinski definition) is 2. The second kappa shape index (κ2) is 7.85. The van der Waals surface area contributed by atoms with Crippen LogP contribution < -0.4 is 5.32 Å². The fraction of sp³-hybridized carbons (Fsp3) is 0.333. The van der Waals surface area contributed by atoms with Crippen molar-refractivity contribution >= 4 is 11.6 Å². The zero-order valence-electron chi connectivity index (χ0n) is 13.6. The molecule has 0 aromatic heterocycles. The van der Waals surface area contributed by atoms with E-state index in [9.17, 15) is 5.11 Å². The molecular weight excluding hydrogens is 318 g/mol. The summed E-state index contributed by atoms with van der Waals surface area (Å²) in [4.78, 5) is 0. The van der Waals surface area contributed by atoms with Gasteiger partial charge in [-0.25, -0.2) is 0 Å². The zero-order chi connectivity index (χ0) is 16.8. The molecule has 0 unspecified atom stereocenters. The number of benzene rings is 2. The van der Waals surface area contributed by atoms with Gasteiger partial charge >= 0.3 is 0 Å². The summed E-state index contributed by atoms with van der Waals surface area (Å²) < 4.78 is 0. The highest BCUT2D eigenvalue weighted by molar-refractivity contribution is 6.31. The largest absolute Gasteiger partial charge is 0.376 e. The second-order valence-electron chi connectivity index (χ2n) is 6.31. The van der Waals surface area contributed by atoms with E-state index < -0.39 is 5.60 Å². The van der Waals surface area contributed by atoms with E-state index in [-0.39, 0.29) is 6.04 Å². The summed E-state index contributed by atoms with van der Waals surface area (Å²) in [5, 5.41) is 15.3. The predicted octanol–water partition coefficient (Wildman–Crippen LogP) is 4.16. The van der Waals surface area contributed by atoms with Crippen LogP contribution in [0.4, 0.5) is 0 Å². The Hall–Kier alpha value is -1.79. The van der Waals surface area contributed by atoms with Crippen molar-refractivity contribution in [3.8, 4) is 11.8 Å². The Morgan fingerprint density at radius 2 is 1.83 bits per heavy atom. The van der Waals surface area contributed by atoms with Gasteiger partial charge in [-0.1, -0.05) is 66.3 Å². The lowest BCUT2D eigenvalue weighted by atomic mass is 9.80. The number of aliphatic hydroxyl groups is 1. The van der Waals surface area contributed by atoms with Gasteiger partial charge in [0.2, 0.25) is 0 Å². The molecule has 2 N–H and O–H groups in total. The van der Waals surface area contributed by atoms with E-state index in [2.05, 4.69) is 17.2 Å². The van der Waals surface area contributed by atoms with Gasteiger partial charge < -0.3 is 10.4 Å². The van der Waals surface area contributed by atoms with Crippen molar-refractivity contribution in [1.29, 1.82) is 0 Å². The normalized spacial score (nSPS) is 23.3. The highest BCUT2D eigenvalue weighted by atomic mass is 35.5. The molecule has 3 rings (SSSR count). The Labute approximate surface area is 148 Å². The summed E-state index contributed by atoms with van der Waals surface area (Å²) in [5.41, 5.74) is 0.986. The van der Waals surface area contributed by atoms with Crippen LogP contribution in [0.15, 0.2) is 54.6 Å². The summed E-state index contributed by atoms with van der Waals surface area (Å²) >= 11 is 6.22. The fourth-order valence-corrected chi connectivity index (χ4v) is 3.36. The molecule has 1 saturated carbocycles. The van der Waals surface area contributed by atoms with E-state index in [1.165, 1.54) is 0 Å². The van der Waals surface area contributed by atoms with Gasteiger partial charge in [-0.2, -0.15) is 0 Å². The topological polar surface area (TPSA) is 32.3 Å². The molecule has 124 valence electrons. The Morgan fingerprint density at radius 1 is 1.08 bits per heavy atom. The second-order valence-corrected chi connectivity index (χ2v) is 6.72. The fourth-order valence-electron chi connectivity index (χ4n) is 3.15. The molecule has 1 aliphatic rings. The van der Waals surface area contributed by atoms with Crippen LogP contribution in [0.1, 0.15) is 36.8 Å². The number of rotatable bonds is 3. The highest BCUT2D eigenvalue weighted by Gasteiger charge is 2.37. The van der Waals surface area contributed by atoms with Crippen molar-refractivity contribution in [3.63, 3.8) is 0 Å². The maximum absolute atomic E-state index is 11.1. The van der Waals surface area contributed by atoms with Crippen LogP contribution in [0.2, 0.25) is 5.02 Å². The first-order valence-corrected chi connectivity index (χ1v) is 8.82. The van der Waals surface area contributed by atoms with Gasteiger partial charge in [-0.3, -0.25) is 0 Å². The van der Waals surface area contributed by atoms with Crippen LogP contribution in [0.3, 0.4) is 0 Å². The van der Waals surface area contributed by atoms with Crippen LogP contribution in [-0.4, -0.2) is 16.7 Å². The SMILES string of the molecule is O[C@@]1(C#Cc2ccccc2)CCCC[C@@H]1NCc1ccccc1Cl. The van der Waals surface area contributed by atoms with Gasteiger partial charge in [-0.15, -0.1) is 0 Å². The van der Waals surface area contributed by atoms with Gasteiger partial charge in [0.25, 0.3) is 0 Å². The summed E-state index contributed by atoms with van der Waals surface area (Å²) in [6.45, 7) is 0.639. The number of halogens is 1. The molecule has 24 heavy (non-hydrogen) atoms. The molecule has 0 bridgehead atoms. The van der Waals surface area contributed by atoms with Gasteiger partial charge in [0.05, 0.1) is 0 Å². The highest BCUT2D eigenvalue weighted by Crippen LogP contribution is 2.29. The van der Waals surface area contributed by atoms with Crippen LogP contribution in [0, 0.1) is 11.8 Å². The van der Waals surface area contributed by atoms with Gasteiger partial charge in [0.15, 0.2) is 0 Å². The average Bonchev–Trinajstić information content (AvgIpc) is 2.62. The molecule has 0 amide bonds. The minimum absolute atomic E-state index is 0.0428. The molecule has 1 fully saturated rings. The van der Waals surface area contributed by atoms with Crippen molar-refractivity contribution in [2.75, 3.05) is 0 Å². The molecule has 1 aliphatic carbocycles. The van der Waals surface area contributed by atoms with E-state index in [4.69, 9.17) is 11.6 Å². The lowest BCUT2D eigenvalue weighted by Gasteiger charge is -2.36. The minimum atomic E-state index is -0.991. The lowest BCUT2D eigenvalue weighted by Crippen LogP contribution is -2.51. The van der Waals surface area contributed by atoms with Gasteiger partial charge in [0, 0.05) is 23.2 Å². The van der Waals surface area contributed by atoms with Crippen molar-refractivity contribution in [3.05, 3.63) is 70.7 Å². The third-order valence-corrected chi connectivity index (χ3v) is 4.94. The van der Waals surface area contributed by atoms with Crippen molar-refractivity contribution < 1.29 is 5.11 Å². The molecule has 0 aliphatic heterocycles. The summed E-state index contributed by atoms with van der Waals surface area (Å²) in [6.07, 6.45) is 3.73. The Bertz CT molecular complexity index is 734. The van der Waals surface area contributed by atoms with Crippen LogP contribution in [0.25, 0.3) is 0 Å². The molecule has 0 heterocycles. The first-order chi connectivity index (χ1) is 11.7. The molecule has 2 aromatic carbocycles. The van der Waals surface area contributed by atoms with Crippen LogP contribution in [0.5, 0.6) is 0 Å². The maximum Gasteiger partial charge on any atom is 0.141 e. The smallest absolute Gasteiger partial charge is 0.141 e. The van der Waals surface area contributed by atoms with Crippen molar-refractivity contribution in [2.45, 2.75) is 43.9 Å². The molecule has 2 nitrogen and oxygen atoms in total. The quantitative estimate of drug-likeness (QED) is 0.823. The first-order valence-electron chi connectivity index (χ1n) is 8.45. The maximum atomic E-state index is 11.1. The zero-order valence-corrected chi connectivity index (χ0v) is 14.4. The summed E-state index contributed by atoms with van der Waals surface area (Å²) in [5.74, 6) is 6.25. The molecule has 2 atom stereocenters. The molecule has 3 heteroatoms. The number of hydrogen-bond donors (Lipinski definition) is 2. The summed E-state index contributed by atoms with van der Waals surface area (Å²) in [7, 11) is 0. The summed E-state index contributed by atoms with van der Waals surface area (Å²) in [6, 6.07) is 17.6. The van der Waals surface area contributed by atoms with Crippen molar-refractivity contribution in [1.82, 2.24) is 5.32 Å². The standard InChI is InChI=1S/C21H22ClNO/c22-19-11-5-4-10-18(19)16-23-20-12-6-7-14-21(20,24)15-13-17-8-2-1-3-9-17/h1-5,8-11,20,23-24H,6-7,12,14,16H2/t20-,21+/m0/s1. The average molecular weight is 340 g/mol.